The molecule has 2 aromatic carbocycles. The van der Waals surface area contributed by atoms with Crippen LogP contribution in [0.15, 0.2) is 54.6 Å². The number of carbonyl (C=O) groups is 1. The lowest BCUT2D eigenvalue weighted by atomic mass is 10.2. The maximum absolute atomic E-state index is 9.81. The Kier molecular flexibility index (Phi) is 12.0. The Bertz CT molecular complexity index is 580. The molecule has 0 aliphatic heterocycles. The van der Waals surface area contributed by atoms with Crippen molar-refractivity contribution in [3.63, 3.8) is 0 Å². The zero-order valence-corrected chi connectivity index (χ0v) is 12.7. The molecule has 0 spiro atoms. The molecule has 0 fully saturated rings. The summed E-state index contributed by atoms with van der Waals surface area (Å²) in [4.78, 5) is 9.81. The fourth-order valence-corrected chi connectivity index (χ4v) is 1.32. The molecule has 5 heteroatoms. The molecule has 0 aliphatic rings. The Morgan fingerprint density at radius 1 is 1.05 bits per heavy atom. The van der Waals surface area contributed by atoms with Gasteiger partial charge in [-0.15, -0.1) is 0 Å². The molecule has 0 saturated carbocycles. The molecule has 0 saturated heterocycles. The van der Waals surface area contributed by atoms with E-state index in [0.29, 0.717) is 12.0 Å². The normalized spacial score (nSPS) is 8.05. The van der Waals surface area contributed by atoms with Gasteiger partial charge in [-0.25, -0.2) is 0 Å². The summed E-state index contributed by atoms with van der Waals surface area (Å²) in [6.45, 7) is 3.43. The first-order chi connectivity index (χ1) is 9.65. The zero-order valence-electron chi connectivity index (χ0n) is 12.7. The van der Waals surface area contributed by atoms with Crippen molar-refractivity contribution in [2.45, 2.75) is 20.3 Å². The second kappa shape index (κ2) is 12.2. The van der Waals surface area contributed by atoms with Gasteiger partial charge in [-0.3, -0.25) is 4.70 Å². The highest BCUT2D eigenvalue weighted by molar-refractivity contribution is 5.75. The minimum Gasteiger partial charge on any atom is -0.356 e. The number of nitrogens with zero attached hydrogens (tertiary/aromatic N) is 1. The number of halogens is 1. The molecular formula is C17H19BFN2O. The quantitative estimate of drug-likeness (QED) is 0.869. The van der Waals surface area contributed by atoms with E-state index in [0.717, 1.165) is 11.4 Å². The van der Waals surface area contributed by atoms with E-state index < -0.39 is 0 Å². The van der Waals surface area contributed by atoms with Crippen molar-refractivity contribution in [2.24, 2.45) is 0 Å². The van der Waals surface area contributed by atoms with Crippen LogP contribution in [0, 0.1) is 11.3 Å². The molecule has 22 heavy (non-hydrogen) atoms. The van der Waals surface area contributed by atoms with E-state index in [1.54, 1.807) is 19.1 Å². The molecule has 0 atom stereocenters. The van der Waals surface area contributed by atoms with E-state index in [1.165, 1.54) is 0 Å². The Morgan fingerprint density at radius 2 is 1.50 bits per heavy atom. The number of carbonyl (C=O) groups excluding carboxylic acids is 1. The third kappa shape index (κ3) is 8.54. The number of benzene rings is 2. The van der Waals surface area contributed by atoms with Crippen LogP contribution in [-0.2, 0) is 4.79 Å². The number of anilines is 2. The smallest absolute Gasteiger partial charge is 0.129 e. The summed E-state index contributed by atoms with van der Waals surface area (Å²) in [6.07, 6.45) is 0.667. The molecule has 3 nitrogen and oxygen atoms in total. The van der Waals surface area contributed by atoms with Gasteiger partial charge in [-0.1, -0.05) is 25.1 Å². The summed E-state index contributed by atoms with van der Waals surface area (Å²) in [6, 6.07) is 19.4. The SMILES string of the molecule is CCC(C)=O.F.N#Cc1ccc(Nc2ccccc2)cc1.[B]. The number of para-hydroxylation sites is 1. The Balaban J connectivity index is 0. The largest absolute Gasteiger partial charge is 0.356 e. The highest BCUT2D eigenvalue weighted by Crippen LogP contribution is 2.15. The number of hydrogen-bond donors (Lipinski definition) is 1. The average molecular weight is 297 g/mol. The Morgan fingerprint density at radius 3 is 1.91 bits per heavy atom. The number of Topliss-reactive ketones (excluding diaryl/α,β-unsaturated/α-hetero) is 1. The van der Waals surface area contributed by atoms with Crippen molar-refractivity contribution >= 4 is 25.6 Å². The van der Waals surface area contributed by atoms with E-state index in [-0.39, 0.29) is 18.9 Å². The first-order valence-electron chi connectivity index (χ1n) is 6.47. The molecule has 0 heterocycles. The van der Waals surface area contributed by atoms with Crippen molar-refractivity contribution in [1.82, 2.24) is 0 Å². The van der Waals surface area contributed by atoms with Crippen LogP contribution in [0.3, 0.4) is 0 Å². The third-order valence-corrected chi connectivity index (χ3v) is 2.57. The van der Waals surface area contributed by atoms with Crippen LogP contribution in [-0.4, -0.2) is 14.2 Å². The molecule has 0 unspecified atom stereocenters. The lowest BCUT2D eigenvalue weighted by Gasteiger charge is -2.05. The van der Waals surface area contributed by atoms with Crippen LogP contribution in [0.5, 0.6) is 0 Å². The van der Waals surface area contributed by atoms with Crippen molar-refractivity contribution in [1.29, 1.82) is 5.26 Å². The maximum atomic E-state index is 9.81. The predicted molar refractivity (Wildman–Crippen MR) is 90.1 cm³/mol. The summed E-state index contributed by atoms with van der Waals surface area (Å²) < 4.78 is 0. The standard InChI is InChI=1S/C13H10N2.C4H8O.B.FH/c14-10-11-6-8-13(9-7-11)15-12-4-2-1-3-5-12;1-3-4(2)5;;/h1-9,15H;3H2,1-2H3;;1H. The fourth-order valence-electron chi connectivity index (χ4n) is 1.32. The summed E-state index contributed by atoms with van der Waals surface area (Å²) in [5.41, 5.74) is 2.70. The van der Waals surface area contributed by atoms with Crippen LogP contribution in [0.2, 0.25) is 0 Å². The van der Waals surface area contributed by atoms with E-state index in [2.05, 4.69) is 11.4 Å². The molecule has 1 N–H and O–H groups in total. The van der Waals surface area contributed by atoms with Gasteiger partial charge < -0.3 is 10.1 Å². The molecule has 3 radical (unpaired) electrons. The van der Waals surface area contributed by atoms with Crippen LogP contribution in [0.4, 0.5) is 16.1 Å². The van der Waals surface area contributed by atoms with Crippen LogP contribution < -0.4 is 5.32 Å². The van der Waals surface area contributed by atoms with Crippen molar-refractivity contribution < 1.29 is 9.50 Å². The van der Waals surface area contributed by atoms with E-state index in [1.807, 2.05) is 49.4 Å². The van der Waals surface area contributed by atoms with Gasteiger partial charge in [0.05, 0.1) is 11.6 Å². The van der Waals surface area contributed by atoms with Gasteiger partial charge in [-0.05, 0) is 43.3 Å². The first kappa shape index (κ1) is 21.7. The van der Waals surface area contributed by atoms with Crippen LogP contribution >= 0.6 is 0 Å². The lowest BCUT2D eigenvalue weighted by molar-refractivity contribution is -0.116. The van der Waals surface area contributed by atoms with Crippen molar-refractivity contribution in [2.75, 3.05) is 5.32 Å². The number of nitriles is 1. The van der Waals surface area contributed by atoms with Gasteiger partial charge in [-0.2, -0.15) is 5.26 Å². The lowest BCUT2D eigenvalue weighted by Crippen LogP contribution is -1.89. The Hall–Kier alpha value is -2.61. The highest BCUT2D eigenvalue weighted by atomic mass is 19.0. The monoisotopic (exact) mass is 297 g/mol. The van der Waals surface area contributed by atoms with E-state index in [9.17, 15) is 4.79 Å². The first-order valence-corrected chi connectivity index (χ1v) is 6.47. The number of rotatable bonds is 3. The van der Waals surface area contributed by atoms with Gasteiger partial charge in [0.25, 0.3) is 0 Å². The molecule has 0 aliphatic carbocycles. The second-order valence-electron chi connectivity index (χ2n) is 4.24. The van der Waals surface area contributed by atoms with Gasteiger partial charge >= 0.3 is 0 Å². The third-order valence-electron chi connectivity index (χ3n) is 2.57. The molecular weight excluding hydrogens is 278 g/mol. The zero-order chi connectivity index (χ0) is 14.8. The molecule has 2 rings (SSSR count). The maximum Gasteiger partial charge on any atom is 0.129 e. The molecule has 2 aromatic rings. The number of hydrogen-bond acceptors (Lipinski definition) is 3. The van der Waals surface area contributed by atoms with Gasteiger partial charge in [0.2, 0.25) is 0 Å². The minimum atomic E-state index is 0. The Labute approximate surface area is 132 Å². The van der Waals surface area contributed by atoms with Crippen molar-refractivity contribution in [3.8, 4) is 6.07 Å². The summed E-state index contributed by atoms with van der Waals surface area (Å²) in [5, 5.41) is 11.9. The van der Waals surface area contributed by atoms with Gasteiger partial charge in [0.15, 0.2) is 0 Å². The van der Waals surface area contributed by atoms with E-state index >= 15 is 0 Å². The summed E-state index contributed by atoms with van der Waals surface area (Å²) in [7, 11) is 0. The van der Waals surface area contributed by atoms with Crippen LogP contribution in [0.1, 0.15) is 25.8 Å². The highest BCUT2D eigenvalue weighted by Gasteiger charge is 1.93. The molecule has 113 valence electrons. The minimum absolute atomic E-state index is 0. The average Bonchev–Trinajstić information content (AvgIpc) is 2.49. The summed E-state index contributed by atoms with van der Waals surface area (Å²) in [5.74, 6) is 0.255. The van der Waals surface area contributed by atoms with E-state index in [4.69, 9.17) is 5.26 Å². The molecule has 0 amide bonds. The summed E-state index contributed by atoms with van der Waals surface area (Å²) >= 11 is 0. The number of nitrogens with one attached hydrogen (secondary N) is 1. The van der Waals surface area contributed by atoms with Gasteiger partial charge in [0.1, 0.15) is 5.78 Å². The molecule has 0 aromatic heterocycles. The van der Waals surface area contributed by atoms with Crippen LogP contribution in [0.25, 0.3) is 0 Å². The van der Waals surface area contributed by atoms with Gasteiger partial charge in [0, 0.05) is 26.2 Å². The van der Waals surface area contributed by atoms with Crippen molar-refractivity contribution in [3.05, 3.63) is 60.2 Å². The molecule has 0 bridgehead atoms. The second-order valence-corrected chi connectivity index (χ2v) is 4.24. The topological polar surface area (TPSA) is 52.9 Å². The predicted octanol–water partition coefficient (Wildman–Crippen LogP) is 4.06. The number of ketones is 1. The fraction of sp³-hybridized carbons (Fsp3) is 0.176.